The van der Waals surface area contributed by atoms with Gasteiger partial charge in [-0.3, -0.25) is 0 Å². The predicted molar refractivity (Wildman–Crippen MR) is 75.1 cm³/mol. The van der Waals surface area contributed by atoms with Crippen molar-refractivity contribution in [2.75, 3.05) is 19.6 Å². The van der Waals surface area contributed by atoms with Crippen LogP contribution < -0.4 is 5.32 Å². The van der Waals surface area contributed by atoms with E-state index >= 15 is 0 Å². The number of hydrogen-bond acceptors (Lipinski definition) is 3. The summed E-state index contributed by atoms with van der Waals surface area (Å²) in [4.78, 5) is 0.364. The Morgan fingerprint density at radius 1 is 1.39 bits per heavy atom. The lowest BCUT2D eigenvalue weighted by molar-refractivity contribution is 0.310. The number of nitrogens with zero attached hydrogens (tertiary/aromatic N) is 1. The fraction of sp³-hybridized carbons (Fsp3) is 0.500. The first-order chi connectivity index (χ1) is 8.39. The summed E-state index contributed by atoms with van der Waals surface area (Å²) in [6, 6.07) is 5.48. The summed E-state index contributed by atoms with van der Waals surface area (Å²) in [5.41, 5.74) is 0.936. The van der Waals surface area contributed by atoms with E-state index in [0.29, 0.717) is 24.5 Å². The number of hydrogen-bond donors (Lipinski definition) is 1. The van der Waals surface area contributed by atoms with E-state index in [9.17, 15) is 8.42 Å². The van der Waals surface area contributed by atoms with Crippen LogP contribution in [0, 0.1) is 6.92 Å². The third-order valence-electron chi connectivity index (χ3n) is 2.98. The fourth-order valence-corrected chi connectivity index (χ4v) is 4.54. The first-order valence-electron chi connectivity index (χ1n) is 5.90. The van der Waals surface area contributed by atoms with E-state index in [1.807, 2.05) is 19.9 Å². The molecule has 1 N–H and O–H groups in total. The van der Waals surface area contributed by atoms with Crippen molar-refractivity contribution in [2.45, 2.75) is 24.8 Å². The molecule has 1 saturated heterocycles. The first kappa shape index (κ1) is 14.0. The lowest BCUT2D eigenvalue weighted by Gasteiger charge is -2.31. The molecule has 0 radical (unpaired) electrons. The second-order valence-electron chi connectivity index (χ2n) is 4.68. The van der Waals surface area contributed by atoms with Gasteiger partial charge in [0.1, 0.15) is 0 Å². The van der Waals surface area contributed by atoms with Gasteiger partial charge < -0.3 is 5.32 Å². The van der Waals surface area contributed by atoms with Crippen LogP contribution in [0.4, 0.5) is 0 Å². The zero-order valence-electron chi connectivity index (χ0n) is 10.5. The smallest absolute Gasteiger partial charge is 0.243 e. The maximum Gasteiger partial charge on any atom is 0.243 e. The molecule has 2 rings (SSSR count). The van der Waals surface area contributed by atoms with Crippen LogP contribution in [-0.4, -0.2) is 38.4 Å². The molecule has 100 valence electrons. The minimum absolute atomic E-state index is 0.196. The lowest BCUT2D eigenvalue weighted by atomic mass is 10.2. The minimum atomic E-state index is -3.38. The topological polar surface area (TPSA) is 49.4 Å². The van der Waals surface area contributed by atoms with Crippen molar-refractivity contribution in [3.8, 4) is 0 Å². The van der Waals surface area contributed by atoms with E-state index in [1.54, 1.807) is 16.4 Å². The van der Waals surface area contributed by atoms with Crippen LogP contribution in [0.15, 0.2) is 27.6 Å². The average Bonchev–Trinajstić information content (AvgIpc) is 2.27. The maximum atomic E-state index is 12.5. The quantitative estimate of drug-likeness (QED) is 0.897. The van der Waals surface area contributed by atoms with Crippen molar-refractivity contribution in [1.82, 2.24) is 9.62 Å². The number of halogens is 1. The summed E-state index contributed by atoms with van der Waals surface area (Å²) in [6.07, 6.45) is 0. The van der Waals surface area contributed by atoms with E-state index in [0.717, 1.165) is 10.0 Å². The molecule has 0 aromatic heterocycles. The van der Waals surface area contributed by atoms with Crippen LogP contribution in [0.1, 0.15) is 12.5 Å². The van der Waals surface area contributed by atoms with Crippen LogP contribution in [0.2, 0.25) is 0 Å². The molecule has 1 heterocycles. The van der Waals surface area contributed by atoms with Gasteiger partial charge in [0, 0.05) is 30.1 Å². The largest absolute Gasteiger partial charge is 0.312 e. The Balaban J connectivity index is 2.35. The van der Waals surface area contributed by atoms with Crippen molar-refractivity contribution >= 4 is 26.0 Å². The molecule has 0 unspecified atom stereocenters. The molecule has 18 heavy (non-hydrogen) atoms. The minimum Gasteiger partial charge on any atom is -0.312 e. The van der Waals surface area contributed by atoms with E-state index in [4.69, 9.17) is 0 Å². The van der Waals surface area contributed by atoms with Gasteiger partial charge >= 0.3 is 0 Å². The zero-order valence-corrected chi connectivity index (χ0v) is 12.9. The molecule has 1 fully saturated rings. The van der Waals surface area contributed by atoms with Gasteiger partial charge in [0.05, 0.1) is 4.90 Å². The standard InChI is InChI=1S/C12H17BrN2O2S/c1-9-5-11(13)7-12(6-9)18(16,17)15-4-3-14-10(2)8-15/h5-7,10,14H,3-4,8H2,1-2H3/t10-/m0/s1. The molecule has 0 bridgehead atoms. The summed E-state index contributed by atoms with van der Waals surface area (Å²) in [6.45, 7) is 5.64. The van der Waals surface area contributed by atoms with Crippen molar-refractivity contribution in [1.29, 1.82) is 0 Å². The highest BCUT2D eigenvalue weighted by molar-refractivity contribution is 9.10. The van der Waals surface area contributed by atoms with E-state index < -0.39 is 10.0 Å². The van der Waals surface area contributed by atoms with Crippen LogP contribution >= 0.6 is 15.9 Å². The van der Waals surface area contributed by atoms with Gasteiger partial charge in [0.25, 0.3) is 0 Å². The molecule has 6 heteroatoms. The Morgan fingerprint density at radius 2 is 2.11 bits per heavy atom. The van der Waals surface area contributed by atoms with Crippen LogP contribution in [0.5, 0.6) is 0 Å². The van der Waals surface area contributed by atoms with E-state index in [2.05, 4.69) is 21.2 Å². The summed E-state index contributed by atoms with van der Waals surface area (Å²) < 4.78 is 27.4. The lowest BCUT2D eigenvalue weighted by Crippen LogP contribution is -2.51. The van der Waals surface area contributed by atoms with E-state index in [-0.39, 0.29) is 6.04 Å². The number of rotatable bonds is 2. The number of nitrogens with one attached hydrogen (secondary N) is 1. The van der Waals surface area contributed by atoms with Crippen LogP contribution in [0.25, 0.3) is 0 Å². The predicted octanol–water partition coefficient (Wildman–Crippen LogP) is 1.74. The van der Waals surface area contributed by atoms with Gasteiger partial charge in [-0.25, -0.2) is 8.42 Å². The Labute approximate surface area is 117 Å². The highest BCUT2D eigenvalue weighted by Crippen LogP contribution is 2.23. The summed E-state index contributed by atoms with van der Waals surface area (Å²) in [5.74, 6) is 0. The maximum absolute atomic E-state index is 12.5. The van der Waals surface area contributed by atoms with Crippen molar-refractivity contribution < 1.29 is 8.42 Å². The summed E-state index contributed by atoms with van der Waals surface area (Å²) in [7, 11) is -3.38. The third-order valence-corrected chi connectivity index (χ3v) is 5.29. The molecule has 1 aromatic rings. The summed E-state index contributed by atoms with van der Waals surface area (Å²) in [5, 5.41) is 3.24. The molecular weight excluding hydrogens is 316 g/mol. The molecule has 1 aliphatic heterocycles. The molecule has 0 aliphatic carbocycles. The molecule has 0 spiro atoms. The van der Waals surface area contributed by atoms with Crippen molar-refractivity contribution in [2.24, 2.45) is 0 Å². The highest BCUT2D eigenvalue weighted by Gasteiger charge is 2.28. The van der Waals surface area contributed by atoms with Crippen molar-refractivity contribution in [3.05, 3.63) is 28.2 Å². The van der Waals surface area contributed by atoms with Crippen LogP contribution in [0.3, 0.4) is 0 Å². The number of sulfonamides is 1. The van der Waals surface area contributed by atoms with Gasteiger partial charge in [-0.1, -0.05) is 15.9 Å². The van der Waals surface area contributed by atoms with Gasteiger partial charge in [-0.2, -0.15) is 4.31 Å². The molecule has 0 saturated carbocycles. The molecule has 0 amide bonds. The number of aryl methyl sites for hydroxylation is 1. The van der Waals surface area contributed by atoms with Crippen molar-refractivity contribution in [3.63, 3.8) is 0 Å². The number of piperazine rings is 1. The molecule has 1 aliphatic rings. The Hall–Kier alpha value is -0.430. The second-order valence-corrected chi connectivity index (χ2v) is 7.54. The highest BCUT2D eigenvalue weighted by atomic mass is 79.9. The average molecular weight is 333 g/mol. The fourth-order valence-electron chi connectivity index (χ4n) is 2.12. The Bertz CT molecular complexity index is 525. The monoisotopic (exact) mass is 332 g/mol. The van der Waals surface area contributed by atoms with Gasteiger partial charge in [-0.05, 0) is 37.6 Å². The Kier molecular flexibility index (Phi) is 4.11. The molecular formula is C12H17BrN2O2S. The first-order valence-corrected chi connectivity index (χ1v) is 8.13. The third kappa shape index (κ3) is 2.93. The SMILES string of the molecule is Cc1cc(Br)cc(S(=O)(=O)N2CCN[C@@H](C)C2)c1. The molecule has 1 atom stereocenters. The summed E-state index contributed by atoms with van der Waals surface area (Å²) >= 11 is 3.35. The molecule has 1 aromatic carbocycles. The van der Waals surface area contributed by atoms with E-state index in [1.165, 1.54) is 0 Å². The molecule has 4 nitrogen and oxygen atoms in total. The Morgan fingerprint density at radius 3 is 2.72 bits per heavy atom. The van der Waals surface area contributed by atoms with Gasteiger partial charge in [0.15, 0.2) is 0 Å². The number of benzene rings is 1. The second kappa shape index (κ2) is 5.28. The normalized spacial score (nSPS) is 22.1. The van der Waals surface area contributed by atoms with Gasteiger partial charge in [0.2, 0.25) is 10.0 Å². The van der Waals surface area contributed by atoms with Gasteiger partial charge in [-0.15, -0.1) is 0 Å². The van der Waals surface area contributed by atoms with Crippen LogP contribution in [-0.2, 0) is 10.0 Å². The zero-order chi connectivity index (χ0) is 13.3.